The lowest BCUT2D eigenvalue weighted by Gasteiger charge is -2.50. The van der Waals surface area contributed by atoms with Gasteiger partial charge in [-0.3, -0.25) is 0 Å². The van der Waals surface area contributed by atoms with Crippen LogP contribution in [0.5, 0.6) is 0 Å². The Labute approximate surface area is 99.9 Å². The minimum atomic E-state index is -0.423. The summed E-state index contributed by atoms with van der Waals surface area (Å²) in [7, 11) is 0. The van der Waals surface area contributed by atoms with Gasteiger partial charge in [0, 0.05) is 0 Å². The number of hydrogen-bond donors (Lipinski definition) is 1. The molecular formula is C15H26O. The van der Waals surface area contributed by atoms with Gasteiger partial charge in [-0.25, -0.2) is 0 Å². The van der Waals surface area contributed by atoms with Crippen LogP contribution in [0.25, 0.3) is 0 Å². The standard InChI is InChI=1S/C15H26O/c1-10(2)12-7-8-15(4,16)14-6-5-11(3)9-13(12)14/h5,10,12-14,16H,6-9H2,1-4H3/t12-,13-,14+,15+/m0/s1. The SMILES string of the molecule is CC1=CC[C@@H]2[C@@H](C1)[C@H](C(C)C)CC[C@@]2(C)O. The van der Waals surface area contributed by atoms with Gasteiger partial charge in [-0.1, -0.05) is 25.5 Å². The van der Waals surface area contributed by atoms with E-state index in [1.807, 2.05) is 0 Å². The van der Waals surface area contributed by atoms with E-state index >= 15 is 0 Å². The molecule has 1 heteroatoms. The number of rotatable bonds is 1. The van der Waals surface area contributed by atoms with Gasteiger partial charge in [0.2, 0.25) is 0 Å². The van der Waals surface area contributed by atoms with E-state index in [0.29, 0.717) is 11.8 Å². The molecule has 0 aromatic carbocycles. The van der Waals surface area contributed by atoms with Gasteiger partial charge in [-0.05, 0) is 63.2 Å². The van der Waals surface area contributed by atoms with E-state index in [-0.39, 0.29) is 0 Å². The van der Waals surface area contributed by atoms with Crippen molar-refractivity contribution in [2.75, 3.05) is 0 Å². The Kier molecular flexibility index (Phi) is 3.18. The van der Waals surface area contributed by atoms with Crippen LogP contribution in [0.4, 0.5) is 0 Å². The monoisotopic (exact) mass is 222 g/mol. The molecule has 1 fully saturated rings. The zero-order chi connectivity index (χ0) is 11.9. The maximum Gasteiger partial charge on any atom is 0.0653 e. The average molecular weight is 222 g/mol. The minimum absolute atomic E-state index is 0.423. The van der Waals surface area contributed by atoms with Crippen molar-refractivity contribution in [1.82, 2.24) is 0 Å². The van der Waals surface area contributed by atoms with Crippen LogP contribution in [0.1, 0.15) is 53.4 Å². The Morgan fingerprint density at radius 1 is 1.44 bits per heavy atom. The van der Waals surface area contributed by atoms with Gasteiger partial charge >= 0.3 is 0 Å². The molecule has 0 bridgehead atoms. The molecule has 0 radical (unpaired) electrons. The van der Waals surface area contributed by atoms with Gasteiger partial charge in [0.15, 0.2) is 0 Å². The quantitative estimate of drug-likeness (QED) is 0.669. The Balaban J connectivity index is 2.24. The molecule has 0 aliphatic heterocycles. The van der Waals surface area contributed by atoms with E-state index in [2.05, 4.69) is 33.8 Å². The van der Waals surface area contributed by atoms with E-state index in [4.69, 9.17) is 0 Å². The van der Waals surface area contributed by atoms with Crippen molar-refractivity contribution in [3.8, 4) is 0 Å². The first kappa shape index (κ1) is 12.2. The second-order valence-corrected chi connectivity index (χ2v) is 6.56. The molecule has 0 saturated heterocycles. The maximum atomic E-state index is 10.5. The molecule has 0 unspecified atom stereocenters. The van der Waals surface area contributed by atoms with Crippen molar-refractivity contribution >= 4 is 0 Å². The fourth-order valence-corrected chi connectivity index (χ4v) is 3.95. The lowest BCUT2D eigenvalue weighted by Crippen LogP contribution is -2.48. The van der Waals surface area contributed by atoms with Gasteiger partial charge in [-0.2, -0.15) is 0 Å². The van der Waals surface area contributed by atoms with Crippen molar-refractivity contribution in [1.29, 1.82) is 0 Å². The first-order valence-electron chi connectivity index (χ1n) is 6.80. The summed E-state index contributed by atoms with van der Waals surface area (Å²) in [6.45, 7) is 8.98. The largest absolute Gasteiger partial charge is 0.390 e. The second kappa shape index (κ2) is 4.18. The van der Waals surface area contributed by atoms with E-state index in [1.54, 1.807) is 0 Å². The van der Waals surface area contributed by atoms with Gasteiger partial charge in [-0.15, -0.1) is 0 Å². The summed E-state index contributed by atoms with van der Waals surface area (Å²) in [5.41, 5.74) is 1.11. The highest BCUT2D eigenvalue weighted by atomic mass is 16.3. The van der Waals surface area contributed by atoms with Crippen LogP contribution in [0, 0.1) is 23.7 Å². The molecule has 1 N–H and O–H groups in total. The topological polar surface area (TPSA) is 20.2 Å². The third-order valence-electron chi connectivity index (χ3n) is 4.98. The maximum absolute atomic E-state index is 10.5. The number of hydrogen-bond acceptors (Lipinski definition) is 1. The molecular weight excluding hydrogens is 196 g/mol. The molecule has 1 nitrogen and oxygen atoms in total. The van der Waals surface area contributed by atoms with Crippen molar-refractivity contribution in [2.45, 2.75) is 59.0 Å². The summed E-state index contributed by atoms with van der Waals surface area (Å²) < 4.78 is 0. The highest BCUT2D eigenvalue weighted by Gasteiger charge is 2.46. The van der Waals surface area contributed by atoms with Gasteiger partial charge < -0.3 is 5.11 Å². The molecule has 2 aliphatic rings. The normalized spacial score (nSPS) is 44.1. The van der Waals surface area contributed by atoms with Crippen LogP contribution >= 0.6 is 0 Å². The Bertz CT molecular complexity index is 288. The molecule has 16 heavy (non-hydrogen) atoms. The summed E-state index contributed by atoms with van der Waals surface area (Å²) in [6, 6.07) is 0. The van der Waals surface area contributed by atoms with Crippen LogP contribution in [-0.2, 0) is 0 Å². The zero-order valence-electron chi connectivity index (χ0n) is 11.2. The Hall–Kier alpha value is -0.300. The van der Waals surface area contributed by atoms with Crippen molar-refractivity contribution in [2.24, 2.45) is 23.7 Å². The Morgan fingerprint density at radius 3 is 2.75 bits per heavy atom. The van der Waals surface area contributed by atoms with Gasteiger partial charge in [0.25, 0.3) is 0 Å². The number of allylic oxidation sites excluding steroid dienone is 2. The smallest absolute Gasteiger partial charge is 0.0653 e. The van der Waals surface area contributed by atoms with Crippen molar-refractivity contribution in [3.05, 3.63) is 11.6 Å². The predicted octanol–water partition coefficient (Wildman–Crippen LogP) is 3.78. The average Bonchev–Trinajstić information content (AvgIpc) is 2.16. The molecule has 0 aromatic rings. The van der Waals surface area contributed by atoms with Crippen LogP contribution in [0.15, 0.2) is 11.6 Å². The molecule has 0 spiro atoms. The number of fused-ring (bicyclic) bond motifs is 1. The van der Waals surface area contributed by atoms with Crippen molar-refractivity contribution < 1.29 is 5.11 Å². The fraction of sp³-hybridized carbons (Fsp3) is 0.867. The van der Waals surface area contributed by atoms with Crippen LogP contribution < -0.4 is 0 Å². The fourth-order valence-electron chi connectivity index (χ4n) is 3.95. The van der Waals surface area contributed by atoms with Crippen LogP contribution in [-0.4, -0.2) is 10.7 Å². The second-order valence-electron chi connectivity index (χ2n) is 6.56. The molecule has 0 aromatic heterocycles. The lowest BCUT2D eigenvalue weighted by molar-refractivity contribution is -0.0890. The van der Waals surface area contributed by atoms with E-state index in [0.717, 1.165) is 24.7 Å². The molecule has 0 heterocycles. The van der Waals surface area contributed by atoms with Gasteiger partial charge in [0.1, 0.15) is 0 Å². The first-order valence-corrected chi connectivity index (χ1v) is 6.80. The van der Waals surface area contributed by atoms with Crippen molar-refractivity contribution in [3.63, 3.8) is 0 Å². The van der Waals surface area contributed by atoms with E-state index in [9.17, 15) is 5.11 Å². The molecule has 4 atom stereocenters. The summed E-state index contributed by atoms with van der Waals surface area (Å²) in [5.74, 6) is 2.79. The van der Waals surface area contributed by atoms with E-state index in [1.165, 1.54) is 18.4 Å². The van der Waals surface area contributed by atoms with Gasteiger partial charge in [0.05, 0.1) is 5.60 Å². The molecule has 0 amide bonds. The number of aliphatic hydroxyl groups is 1. The highest BCUT2D eigenvalue weighted by Crippen LogP contribution is 2.50. The zero-order valence-corrected chi connectivity index (χ0v) is 11.2. The molecule has 2 aliphatic carbocycles. The first-order chi connectivity index (χ1) is 7.42. The van der Waals surface area contributed by atoms with Crippen LogP contribution in [0.2, 0.25) is 0 Å². The van der Waals surface area contributed by atoms with Crippen LogP contribution in [0.3, 0.4) is 0 Å². The summed E-state index contributed by atoms with van der Waals surface area (Å²) in [4.78, 5) is 0. The summed E-state index contributed by atoms with van der Waals surface area (Å²) >= 11 is 0. The summed E-state index contributed by atoms with van der Waals surface area (Å²) in [6.07, 6.45) is 6.84. The molecule has 92 valence electrons. The minimum Gasteiger partial charge on any atom is -0.390 e. The third kappa shape index (κ3) is 2.07. The predicted molar refractivity (Wildman–Crippen MR) is 68.2 cm³/mol. The summed E-state index contributed by atoms with van der Waals surface area (Å²) in [5, 5.41) is 10.5. The Morgan fingerprint density at radius 2 is 2.12 bits per heavy atom. The molecule has 1 saturated carbocycles. The highest BCUT2D eigenvalue weighted by molar-refractivity contribution is 5.11. The third-order valence-corrected chi connectivity index (χ3v) is 4.98. The lowest BCUT2D eigenvalue weighted by atomic mass is 9.58. The molecule has 2 rings (SSSR count). The van der Waals surface area contributed by atoms with E-state index < -0.39 is 5.60 Å².